The number of hydrogen-bond donors (Lipinski definition) is 3. The summed E-state index contributed by atoms with van der Waals surface area (Å²) in [5.41, 5.74) is 5.45. The van der Waals surface area contributed by atoms with E-state index in [-0.39, 0.29) is 12.1 Å². The monoisotopic (exact) mass is 262 g/mol. The smallest absolute Gasteiger partial charge is 0.333 e. The van der Waals surface area contributed by atoms with Crippen LogP contribution in [-0.2, 0) is 0 Å². The van der Waals surface area contributed by atoms with E-state index in [0.717, 1.165) is 0 Å². The first kappa shape index (κ1) is 12.9. The van der Waals surface area contributed by atoms with E-state index in [9.17, 15) is 4.79 Å². The largest absolute Gasteiger partial charge is 0.335 e. The number of hydrazine groups is 1. The Kier molecular flexibility index (Phi) is 4.64. The predicted molar refractivity (Wildman–Crippen MR) is 64.7 cm³/mol. The van der Waals surface area contributed by atoms with Crippen LogP contribution in [-0.4, -0.2) is 17.1 Å². The molecule has 1 aromatic heterocycles. The average molecular weight is 263 g/mol. The number of pyridine rings is 1. The lowest BCUT2D eigenvalue weighted by atomic mass is 10.4. The third-order valence-electron chi connectivity index (χ3n) is 1.57. The maximum absolute atomic E-state index is 11.3. The molecule has 3 N–H and O–H groups in total. The van der Waals surface area contributed by atoms with Gasteiger partial charge < -0.3 is 5.32 Å². The van der Waals surface area contributed by atoms with Crippen molar-refractivity contribution in [3.05, 3.63) is 22.4 Å². The zero-order chi connectivity index (χ0) is 12.1. The lowest BCUT2D eigenvalue weighted by Gasteiger charge is -2.13. The Morgan fingerprint density at radius 2 is 1.88 bits per heavy atom. The SMILES string of the molecule is CC(C)NC(=O)NNc1c(Cl)cncc1Cl. The second-order valence-corrected chi connectivity index (χ2v) is 4.17. The first-order valence-electron chi connectivity index (χ1n) is 4.62. The summed E-state index contributed by atoms with van der Waals surface area (Å²) in [4.78, 5) is 15.1. The first-order valence-corrected chi connectivity index (χ1v) is 5.38. The maximum Gasteiger partial charge on any atom is 0.333 e. The number of carbonyl (C=O) groups is 1. The van der Waals surface area contributed by atoms with Crippen molar-refractivity contribution in [2.45, 2.75) is 19.9 Å². The number of nitrogens with one attached hydrogen (secondary N) is 3. The van der Waals surface area contributed by atoms with Crippen LogP contribution in [0.4, 0.5) is 10.5 Å². The lowest BCUT2D eigenvalue weighted by Crippen LogP contribution is -2.42. The fraction of sp³-hybridized carbons (Fsp3) is 0.333. The van der Waals surface area contributed by atoms with Crippen LogP contribution in [0.5, 0.6) is 0 Å². The van der Waals surface area contributed by atoms with Gasteiger partial charge in [-0.15, -0.1) is 0 Å². The molecule has 0 saturated carbocycles. The van der Waals surface area contributed by atoms with Gasteiger partial charge in [-0.3, -0.25) is 15.8 Å². The molecular formula is C9H12Cl2N4O. The summed E-state index contributed by atoms with van der Waals surface area (Å²) < 4.78 is 0. The Morgan fingerprint density at radius 1 is 1.31 bits per heavy atom. The molecule has 0 fully saturated rings. The van der Waals surface area contributed by atoms with E-state index < -0.39 is 0 Å². The number of anilines is 1. The maximum atomic E-state index is 11.3. The number of urea groups is 1. The van der Waals surface area contributed by atoms with Gasteiger partial charge in [-0.2, -0.15) is 0 Å². The standard InChI is InChI=1S/C9H12Cl2N4O/c1-5(2)13-9(16)15-14-8-6(10)3-12-4-7(8)11/h3-5H,1-2H3,(H,12,14)(H2,13,15,16). The van der Waals surface area contributed by atoms with Crippen LogP contribution >= 0.6 is 23.2 Å². The molecule has 0 aliphatic heterocycles. The van der Waals surface area contributed by atoms with Gasteiger partial charge >= 0.3 is 6.03 Å². The molecule has 0 bridgehead atoms. The van der Waals surface area contributed by atoms with Gasteiger partial charge in [0.2, 0.25) is 0 Å². The number of carbonyl (C=O) groups excluding carboxylic acids is 1. The quantitative estimate of drug-likeness (QED) is 0.734. The van der Waals surface area contributed by atoms with E-state index >= 15 is 0 Å². The fourth-order valence-electron chi connectivity index (χ4n) is 0.948. The highest BCUT2D eigenvalue weighted by atomic mass is 35.5. The highest BCUT2D eigenvalue weighted by Crippen LogP contribution is 2.27. The Labute approximate surface area is 103 Å². The molecular weight excluding hydrogens is 251 g/mol. The van der Waals surface area contributed by atoms with Crippen molar-refractivity contribution in [1.82, 2.24) is 15.7 Å². The molecule has 7 heteroatoms. The van der Waals surface area contributed by atoms with E-state index in [0.29, 0.717) is 15.7 Å². The van der Waals surface area contributed by atoms with Crippen LogP contribution in [0.2, 0.25) is 10.0 Å². The third-order valence-corrected chi connectivity index (χ3v) is 2.15. The molecule has 5 nitrogen and oxygen atoms in total. The zero-order valence-corrected chi connectivity index (χ0v) is 10.4. The normalized spacial score (nSPS) is 10.1. The van der Waals surface area contributed by atoms with Gasteiger partial charge in [-0.25, -0.2) is 4.79 Å². The minimum atomic E-state index is -0.362. The van der Waals surface area contributed by atoms with Crippen molar-refractivity contribution >= 4 is 34.9 Å². The summed E-state index contributed by atoms with van der Waals surface area (Å²) in [5, 5.41) is 3.30. The Balaban J connectivity index is 2.58. The number of rotatable bonds is 3. The molecule has 1 rings (SSSR count). The minimum Gasteiger partial charge on any atom is -0.335 e. The Bertz CT molecular complexity index is 364. The van der Waals surface area contributed by atoms with Gasteiger partial charge in [-0.05, 0) is 13.8 Å². The summed E-state index contributed by atoms with van der Waals surface area (Å²) in [7, 11) is 0. The van der Waals surface area contributed by atoms with E-state index in [2.05, 4.69) is 21.2 Å². The van der Waals surface area contributed by atoms with Gasteiger partial charge in [-0.1, -0.05) is 23.2 Å². The summed E-state index contributed by atoms with van der Waals surface area (Å²) in [5.74, 6) is 0. The third kappa shape index (κ3) is 3.75. The van der Waals surface area contributed by atoms with Crippen LogP contribution < -0.4 is 16.2 Å². The van der Waals surface area contributed by atoms with Crippen LogP contribution in [0.15, 0.2) is 12.4 Å². The Hall–Kier alpha value is -1.20. The molecule has 2 amide bonds. The summed E-state index contributed by atoms with van der Waals surface area (Å²) in [6.45, 7) is 3.71. The molecule has 1 heterocycles. The lowest BCUT2D eigenvalue weighted by molar-refractivity contribution is 0.240. The number of nitrogens with zero attached hydrogens (tertiary/aromatic N) is 1. The van der Waals surface area contributed by atoms with E-state index in [4.69, 9.17) is 23.2 Å². The van der Waals surface area contributed by atoms with Crippen molar-refractivity contribution in [1.29, 1.82) is 0 Å². The molecule has 0 aliphatic carbocycles. The van der Waals surface area contributed by atoms with Crippen molar-refractivity contribution in [3.8, 4) is 0 Å². The second-order valence-electron chi connectivity index (χ2n) is 3.36. The zero-order valence-electron chi connectivity index (χ0n) is 8.84. The molecule has 0 saturated heterocycles. The van der Waals surface area contributed by atoms with E-state index in [1.54, 1.807) is 0 Å². The average Bonchev–Trinajstić information content (AvgIpc) is 2.15. The molecule has 0 spiro atoms. The van der Waals surface area contributed by atoms with Gasteiger partial charge in [0.15, 0.2) is 0 Å². The summed E-state index contributed by atoms with van der Waals surface area (Å²) in [6.07, 6.45) is 2.86. The number of hydrogen-bond acceptors (Lipinski definition) is 3. The van der Waals surface area contributed by atoms with Gasteiger partial charge in [0, 0.05) is 18.4 Å². The molecule has 0 radical (unpaired) electrons. The van der Waals surface area contributed by atoms with Crippen LogP contribution in [0.25, 0.3) is 0 Å². The fourth-order valence-corrected chi connectivity index (χ4v) is 1.41. The van der Waals surface area contributed by atoms with Crippen molar-refractivity contribution < 1.29 is 4.79 Å². The molecule has 16 heavy (non-hydrogen) atoms. The van der Waals surface area contributed by atoms with Gasteiger partial charge in [0.25, 0.3) is 0 Å². The number of halogens is 2. The van der Waals surface area contributed by atoms with Gasteiger partial charge in [0.1, 0.15) is 0 Å². The van der Waals surface area contributed by atoms with Gasteiger partial charge in [0.05, 0.1) is 15.7 Å². The summed E-state index contributed by atoms with van der Waals surface area (Å²) in [6, 6.07) is -0.316. The van der Waals surface area contributed by atoms with Crippen molar-refractivity contribution in [2.75, 3.05) is 5.43 Å². The van der Waals surface area contributed by atoms with Crippen LogP contribution in [0, 0.1) is 0 Å². The Morgan fingerprint density at radius 3 is 2.38 bits per heavy atom. The highest BCUT2D eigenvalue weighted by Gasteiger charge is 2.07. The molecule has 0 aliphatic rings. The molecule has 88 valence electrons. The first-order chi connectivity index (χ1) is 7.50. The van der Waals surface area contributed by atoms with Crippen LogP contribution in [0.3, 0.4) is 0 Å². The molecule has 0 aromatic carbocycles. The number of aromatic nitrogens is 1. The number of amides is 2. The summed E-state index contributed by atoms with van der Waals surface area (Å²) >= 11 is 11.7. The van der Waals surface area contributed by atoms with Crippen LogP contribution in [0.1, 0.15) is 13.8 Å². The molecule has 0 atom stereocenters. The molecule has 1 aromatic rings. The molecule has 0 unspecified atom stereocenters. The van der Waals surface area contributed by atoms with Crippen molar-refractivity contribution in [3.63, 3.8) is 0 Å². The highest BCUT2D eigenvalue weighted by molar-refractivity contribution is 6.38. The van der Waals surface area contributed by atoms with E-state index in [1.807, 2.05) is 13.8 Å². The topological polar surface area (TPSA) is 66.1 Å². The second kappa shape index (κ2) is 5.77. The minimum absolute atomic E-state index is 0.0465. The van der Waals surface area contributed by atoms with E-state index in [1.165, 1.54) is 12.4 Å². The predicted octanol–water partition coefficient (Wildman–Crippen LogP) is 2.42. The van der Waals surface area contributed by atoms with Crippen molar-refractivity contribution in [2.24, 2.45) is 0 Å².